The summed E-state index contributed by atoms with van der Waals surface area (Å²) in [5, 5.41) is 4.39. The third-order valence-corrected chi connectivity index (χ3v) is 6.55. The molecule has 0 N–H and O–H groups in total. The molecule has 0 radical (unpaired) electrons. The second-order valence-corrected chi connectivity index (χ2v) is 8.91. The van der Waals surface area contributed by atoms with Gasteiger partial charge in [0.1, 0.15) is 0 Å². The maximum absolute atomic E-state index is 13.3. The van der Waals surface area contributed by atoms with Gasteiger partial charge in [-0.05, 0) is 24.3 Å². The molecule has 1 aliphatic rings. The molecule has 1 aromatic heterocycles. The topological polar surface area (TPSA) is 55.2 Å². The molecule has 5 nitrogen and oxygen atoms in total. The largest absolute Gasteiger partial charge is 0.261 e. The molecule has 1 aromatic carbocycles. The van der Waals surface area contributed by atoms with Crippen LogP contribution in [0, 0.1) is 12.3 Å². The number of sulfonamides is 1. The molecule has 2 aromatic rings. The van der Waals surface area contributed by atoms with Crippen LogP contribution >= 0.6 is 0 Å². The molecule has 6 heteroatoms. The Morgan fingerprint density at radius 1 is 1.22 bits per heavy atom. The zero-order valence-electron chi connectivity index (χ0n) is 14.0. The van der Waals surface area contributed by atoms with Crippen molar-refractivity contribution < 1.29 is 8.42 Å². The molecule has 1 aliphatic heterocycles. The molecular weight excluding hydrogens is 310 g/mol. The van der Waals surface area contributed by atoms with Crippen LogP contribution in [0.25, 0.3) is 0 Å². The summed E-state index contributed by atoms with van der Waals surface area (Å²) in [6.07, 6.45) is 2.42. The quantitative estimate of drug-likeness (QED) is 0.868. The van der Waals surface area contributed by atoms with Crippen LogP contribution in [0.4, 0.5) is 0 Å². The fraction of sp³-hybridized carbons (Fsp3) is 0.471. The van der Waals surface area contributed by atoms with Gasteiger partial charge in [-0.15, -0.1) is 0 Å². The predicted molar refractivity (Wildman–Crippen MR) is 89.4 cm³/mol. The standard InChI is InChI=1S/C17H23N3O2S/c1-13-11-18-19(4)16(13)23(21,22)20-12-17(2,3)10-15(20)14-8-6-5-7-9-14/h5-9,11,15H,10,12H2,1-4H3. The Morgan fingerprint density at radius 2 is 1.87 bits per heavy atom. The number of rotatable bonds is 3. The van der Waals surface area contributed by atoms with E-state index in [-0.39, 0.29) is 16.5 Å². The number of hydrogen-bond donors (Lipinski definition) is 0. The van der Waals surface area contributed by atoms with Gasteiger partial charge in [0, 0.05) is 19.2 Å². The molecule has 0 spiro atoms. The highest BCUT2D eigenvalue weighted by Gasteiger charge is 2.45. The second kappa shape index (κ2) is 5.46. The van der Waals surface area contributed by atoms with Crippen LogP contribution in [0.1, 0.15) is 37.4 Å². The SMILES string of the molecule is Cc1cnn(C)c1S(=O)(=O)N1CC(C)(C)CC1c1ccccc1. The molecule has 0 aliphatic carbocycles. The van der Waals surface area contributed by atoms with Crippen LogP contribution in [0.5, 0.6) is 0 Å². The summed E-state index contributed by atoms with van der Waals surface area (Å²) >= 11 is 0. The van der Waals surface area contributed by atoms with Gasteiger partial charge in [-0.1, -0.05) is 44.2 Å². The molecule has 1 fully saturated rings. The van der Waals surface area contributed by atoms with Gasteiger partial charge in [0.15, 0.2) is 5.03 Å². The van der Waals surface area contributed by atoms with E-state index >= 15 is 0 Å². The molecule has 1 unspecified atom stereocenters. The van der Waals surface area contributed by atoms with E-state index in [1.165, 1.54) is 4.68 Å². The highest BCUT2D eigenvalue weighted by molar-refractivity contribution is 7.89. The summed E-state index contributed by atoms with van der Waals surface area (Å²) in [7, 11) is -1.91. The summed E-state index contributed by atoms with van der Waals surface area (Å²) in [5.41, 5.74) is 1.67. The van der Waals surface area contributed by atoms with Crippen LogP contribution in [0.3, 0.4) is 0 Å². The average molecular weight is 333 g/mol. The van der Waals surface area contributed by atoms with Crippen LogP contribution < -0.4 is 0 Å². The van der Waals surface area contributed by atoms with E-state index in [2.05, 4.69) is 18.9 Å². The lowest BCUT2D eigenvalue weighted by Gasteiger charge is -2.24. The van der Waals surface area contributed by atoms with Crippen LogP contribution in [-0.4, -0.2) is 29.0 Å². The molecule has 1 saturated heterocycles. The first-order valence-electron chi connectivity index (χ1n) is 7.78. The molecule has 0 amide bonds. The van der Waals surface area contributed by atoms with Crippen LogP contribution in [0.2, 0.25) is 0 Å². The van der Waals surface area contributed by atoms with Crippen LogP contribution in [-0.2, 0) is 17.1 Å². The molecule has 2 heterocycles. The summed E-state index contributed by atoms with van der Waals surface area (Å²) in [6.45, 7) is 6.54. The van der Waals surface area contributed by atoms with Crippen molar-refractivity contribution in [2.24, 2.45) is 12.5 Å². The minimum Gasteiger partial charge on any atom is -0.256 e. The van der Waals surface area contributed by atoms with Crippen molar-refractivity contribution in [2.75, 3.05) is 6.54 Å². The van der Waals surface area contributed by atoms with Gasteiger partial charge in [0.2, 0.25) is 0 Å². The maximum Gasteiger partial charge on any atom is 0.261 e. The Labute approximate surface area is 138 Å². The number of aromatic nitrogens is 2. The average Bonchev–Trinajstić information content (AvgIpc) is 3.00. The summed E-state index contributed by atoms with van der Waals surface area (Å²) in [4.78, 5) is 0. The van der Waals surface area contributed by atoms with Gasteiger partial charge in [0.25, 0.3) is 10.0 Å². The smallest absolute Gasteiger partial charge is 0.256 e. The lowest BCUT2D eigenvalue weighted by Crippen LogP contribution is -2.34. The minimum atomic E-state index is -3.59. The van der Waals surface area contributed by atoms with Gasteiger partial charge in [-0.2, -0.15) is 9.40 Å². The molecule has 0 bridgehead atoms. The highest BCUT2D eigenvalue weighted by atomic mass is 32.2. The molecule has 0 saturated carbocycles. The summed E-state index contributed by atoms with van der Waals surface area (Å²) in [5.74, 6) is 0. The summed E-state index contributed by atoms with van der Waals surface area (Å²) < 4.78 is 29.6. The normalized spacial score (nSPS) is 21.7. The van der Waals surface area contributed by atoms with Crippen molar-refractivity contribution >= 4 is 10.0 Å². The second-order valence-electron chi connectivity index (χ2n) is 7.10. The van der Waals surface area contributed by atoms with E-state index in [0.717, 1.165) is 12.0 Å². The molecule has 3 rings (SSSR count). The molecule has 23 heavy (non-hydrogen) atoms. The lowest BCUT2D eigenvalue weighted by molar-refractivity contribution is 0.365. The number of nitrogens with zero attached hydrogens (tertiary/aromatic N) is 3. The van der Waals surface area contributed by atoms with E-state index in [9.17, 15) is 8.42 Å². The fourth-order valence-corrected chi connectivity index (χ4v) is 5.56. The van der Waals surface area contributed by atoms with Crippen LogP contribution in [0.15, 0.2) is 41.6 Å². The van der Waals surface area contributed by atoms with Crippen molar-refractivity contribution in [1.82, 2.24) is 14.1 Å². The third kappa shape index (κ3) is 2.81. The minimum absolute atomic E-state index is 0.0555. The number of benzene rings is 1. The Bertz CT molecular complexity index is 790. The first-order chi connectivity index (χ1) is 10.7. The number of hydrogen-bond acceptors (Lipinski definition) is 3. The Kier molecular flexibility index (Phi) is 3.84. The van der Waals surface area contributed by atoms with Crippen molar-refractivity contribution in [3.05, 3.63) is 47.7 Å². The first-order valence-corrected chi connectivity index (χ1v) is 9.22. The Balaban J connectivity index is 2.09. The Hall–Kier alpha value is -1.66. The Morgan fingerprint density at radius 3 is 2.43 bits per heavy atom. The van der Waals surface area contributed by atoms with Gasteiger partial charge in [0.05, 0.1) is 12.2 Å². The zero-order valence-corrected chi connectivity index (χ0v) is 14.8. The first kappa shape index (κ1) is 16.2. The van der Waals surface area contributed by atoms with Gasteiger partial charge in [-0.25, -0.2) is 8.42 Å². The monoisotopic (exact) mass is 333 g/mol. The summed E-state index contributed by atoms with van der Waals surface area (Å²) in [6, 6.07) is 9.75. The van der Waals surface area contributed by atoms with E-state index < -0.39 is 10.0 Å². The van der Waals surface area contributed by atoms with Crippen molar-refractivity contribution in [1.29, 1.82) is 0 Å². The third-order valence-electron chi connectivity index (χ3n) is 4.47. The maximum atomic E-state index is 13.3. The zero-order chi connectivity index (χ0) is 16.8. The van der Waals surface area contributed by atoms with Crippen molar-refractivity contribution in [2.45, 2.75) is 38.3 Å². The fourth-order valence-electron chi connectivity index (χ4n) is 3.45. The van der Waals surface area contributed by atoms with E-state index in [4.69, 9.17) is 0 Å². The number of aryl methyl sites for hydroxylation is 2. The highest BCUT2D eigenvalue weighted by Crippen LogP contribution is 2.45. The van der Waals surface area contributed by atoms with E-state index in [1.54, 1.807) is 24.5 Å². The molecule has 124 valence electrons. The van der Waals surface area contributed by atoms with Gasteiger partial charge < -0.3 is 0 Å². The van der Waals surface area contributed by atoms with Gasteiger partial charge in [-0.3, -0.25) is 4.68 Å². The lowest BCUT2D eigenvalue weighted by atomic mass is 9.89. The van der Waals surface area contributed by atoms with Gasteiger partial charge >= 0.3 is 0 Å². The van der Waals surface area contributed by atoms with E-state index in [1.807, 2.05) is 30.3 Å². The van der Waals surface area contributed by atoms with E-state index in [0.29, 0.717) is 12.1 Å². The van der Waals surface area contributed by atoms with Crippen molar-refractivity contribution in [3.63, 3.8) is 0 Å². The molecular formula is C17H23N3O2S. The van der Waals surface area contributed by atoms with Crippen molar-refractivity contribution in [3.8, 4) is 0 Å². The predicted octanol–water partition coefficient (Wildman–Crippen LogP) is 2.89. The molecule has 1 atom stereocenters.